The monoisotopic (exact) mass is 425 g/mol. The molecule has 2 aromatic heterocycles. The Kier molecular flexibility index (Phi) is 5.52. The number of carbonyl (C=O) groups excluding carboxylic acids is 2. The predicted molar refractivity (Wildman–Crippen MR) is 113 cm³/mol. The third kappa shape index (κ3) is 3.86. The van der Waals surface area contributed by atoms with Gasteiger partial charge in [-0.25, -0.2) is 4.98 Å². The van der Waals surface area contributed by atoms with Crippen LogP contribution in [0, 0.1) is 11.8 Å². The van der Waals surface area contributed by atoms with Crippen LogP contribution in [0.25, 0.3) is 0 Å². The highest BCUT2D eigenvalue weighted by Crippen LogP contribution is 2.42. The van der Waals surface area contributed by atoms with E-state index in [1.54, 1.807) is 6.20 Å². The van der Waals surface area contributed by atoms with E-state index in [0.717, 1.165) is 43.9 Å². The first-order valence-electron chi connectivity index (χ1n) is 10.8. The Morgan fingerprint density at radius 2 is 2.03 bits per heavy atom. The lowest BCUT2D eigenvalue weighted by Crippen LogP contribution is -2.68. The number of aromatic nitrogens is 2. The Hall–Kier alpha value is -2.32. The van der Waals surface area contributed by atoms with Gasteiger partial charge in [0.25, 0.3) is 0 Å². The Bertz CT molecular complexity index is 890. The first-order chi connectivity index (χ1) is 14.7. The van der Waals surface area contributed by atoms with Crippen molar-refractivity contribution in [3.63, 3.8) is 0 Å². The number of nitrogens with one attached hydrogen (secondary N) is 1. The molecule has 2 amide bonds. The molecule has 3 aliphatic heterocycles. The Morgan fingerprint density at radius 1 is 1.20 bits per heavy atom. The molecule has 0 aliphatic carbocycles. The van der Waals surface area contributed by atoms with Crippen molar-refractivity contribution in [3.05, 3.63) is 46.7 Å². The minimum absolute atomic E-state index is 0.0281. The van der Waals surface area contributed by atoms with E-state index in [4.69, 9.17) is 0 Å². The molecule has 7 nitrogen and oxygen atoms in total. The molecule has 158 valence electrons. The van der Waals surface area contributed by atoms with Crippen LogP contribution in [0.4, 0.5) is 0 Å². The largest absolute Gasteiger partial charge is 0.348 e. The molecule has 3 fully saturated rings. The minimum atomic E-state index is -0.376. The Balaban J connectivity index is 1.36. The van der Waals surface area contributed by atoms with E-state index in [0.29, 0.717) is 18.9 Å². The van der Waals surface area contributed by atoms with Crippen LogP contribution in [0.2, 0.25) is 0 Å². The lowest BCUT2D eigenvalue weighted by Gasteiger charge is -2.55. The van der Waals surface area contributed by atoms with Gasteiger partial charge in [-0.1, -0.05) is 0 Å². The van der Waals surface area contributed by atoms with Crippen molar-refractivity contribution in [2.45, 2.75) is 50.9 Å². The molecule has 8 heteroatoms. The highest BCUT2D eigenvalue weighted by molar-refractivity contribution is 7.09. The minimum Gasteiger partial charge on any atom is -0.348 e. The van der Waals surface area contributed by atoms with Crippen LogP contribution in [-0.4, -0.2) is 56.8 Å². The van der Waals surface area contributed by atoms with Crippen molar-refractivity contribution in [1.29, 1.82) is 0 Å². The first kappa shape index (κ1) is 19.6. The van der Waals surface area contributed by atoms with E-state index in [1.807, 2.05) is 22.7 Å². The van der Waals surface area contributed by atoms with E-state index in [1.165, 1.54) is 16.9 Å². The van der Waals surface area contributed by atoms with Crippen molar-refractivity contribution in [2.75, 3.05) is 13.1 Å². The average molecular weight is 426 g/mol. The van der Waals surface area contributed by atoms with Crippen molar-refractivity contribution in [1.82, 2.24) is 25.1 Å². The van der Waals surface area contributed by atoms with Crippen LogP contribution in [-0.2, 0) is 22.7 Å². The lowest BCUT2D eigenvalue weighted by molar-refractivity contribution is -0.160. The molecule has 3 saturated heterocycles. The third-order valence-corrected chi connectivity index (χ3v) is 7.52. The zero-order chi connectivity index (χ0) is 20.5. The van der Waals surface area contributed by atoms with Crippen LogP contribution in [0.1, 0.15) is 36.3 Å². The molecule has 3 aliphatic rings. The van der Waals surface area contributed by atoms with Crippen molar-refractivity contribution >= 4 is 23.2 Å². The fraction of sp³-hybridized carbons (Fsp3) is 0.545. The molecule has 5 rings (SSSR count). The molecule has 4 atom stereocenters. The smallest absolute Gasteiger partial charge is 0.243 e. The number of piperidine rings is 3. The summed E-state index contributed by atoms with van der Waals surface area (Å²) in [6.45, 7) is 3.12. The van der Waals surface area contributed by atoms with Gasteiger partial charge in [-0.05, 0) is 42.9 Å². The molecule has 0 spiro atoms. The van der Waals surface area contributed by atoms with Crippen LogP contribution in [0.15, 0.2) is 36.1 Å². The second kappa shape index (κ2) is 8.43. The van der Waals surface area contributed by atoms with Gasteiger partial charge in [-0.3, -0.25) is 19.5 Å². The van der Waals surface area contributed by atoms with Crippen LogP contribution in [0.3, 0.4) is 0 Å². The van der Waals surface area contributed by atoms with Gasteiger partial charge in [0.15, 0.2) is 0 Å². The highest BCUT2D eigenvalue weighted by Gasteiger charge is 2.51. The predicted octanol–water partition coefficient (Wildman–Crippen LogP) is 2.06. The van der Waals surface area contributed by atoms with E-state index < -0.39 is 0 Å². The quantitative estimate of drug-likeness (QED) is 0.793. The third-order valence-electron chi connectivity index (χ3n) is 6.74. The van der Waals surface area contributed by atoms with Crippen molar-refractivity contribution in [2.24, 2.45) is 11.8 Å². The van der Waals surface area contributed by atoms with Gasteiger partial charge in [0.05, 0.1) is 6.54 Å². The number of likely N-dealkylation sites (tertiary alicyclic amines) is 1. The van der Waals surface area contributed by atoms with E-state index in [9.17, 15) is 9.59 Å². The molecule has 2 bridgehead atoms. The maximum atomic E-state index is 13.3. The standard InChI is InChI=1S/C22H27N5O2S/c28-20-3-1-2-18-16-10-17(14-26(13-16)12-15-4-6-23-7-5-15)21(27(18)20)22(29)25-11-19-24-8-9-30-19/h4-9,16-18,21H,1-3,10-14H2,(H,25,29)/t16-,17+,18-,21+/m0/s1. The number of hydrogen-bond acceptors (Lipinski definition) is 6. The SMILES string of the molecule is O=C(NCc1nccs1)[C@H]1[C@@H]2C[C@@H](CN(Cc3ccncc3)C2)[C@@H]2CCCC(=O)N21. The number of pyridine rings is 1. The average Bonchev–Trinajstić information content (AvgIpc) is 3.27. The molecule has 30 heavy (non-hydrogen) atoms. The Morgan fingerprint density at radius 3 is 2.83 bits per heavy atom. The van der Waals surface area contributed by atoms with Gasteiger partial charge in [0.1, 0.15) is 11.0 Å². The van der Waals surface area contributed by atoms with Crippen LogP contribution in [0.5, 0.6) is 0 Å². The molecule has 0 aromatic carbocycles. The Labute approximate surface area is 180 Å². The molecule has 0 saturated carbocycles. The van der Waals surface area contributed by atoms with Gasteiger partial charge in [-0.15, -0.1) is 11.3 Å². The second-order valence-corrected chi connectivity index (χ2v) is 9.63. The van der Waals surface area contributed by atoms with Crippen LogP contribution < -0.4 is 5.32 Å². The van der Waals surface area contributed by atoms with Crippen LogP contribution >= 0.6 is 11.3 Å². The number of nitrogens with zero attached hydrogens (tertiary/aromatic N) is 4. The number of amides is 2. The fourth-order valence-electron chi connectivity index (χ4n) is 5.57. The van der Waals surface area contributed by atoms with E-state index in [-0.39, 0.29) is 29.8 Å². The molecule has 5 heterocycles. The fourth-order valence-corrected chi connectivity index (χ4v) is 6.13. The zero-order valence-electron chi connectivity index (χ0n) is 16.9. The maximum Gasteiger partial charge on any atom is 0.243 e. The summed E-state index contributed by atoms with van der Waals surface area (Å²) < 4.78 is 0. The number of thiazole rings is 1. The first-order valence-corrected chi connectivity index (χ1v) is 11.7. The summed E-state index contributed by atoms with van der Waals surface area (Å²) in [6, 6.07) is 3.91. The molecular weight excluding hydrogens is 398 g/mol. The molecule has 0 unspecified atom stereocenters. The molecular formula is C22H27N5O2S. The maximum absolute atomic E-state index is 13.3. The summed E-state index contributed by atoms with van der Waals surface area (Å²) in [5.74, 6) is 0.732. The summed E-state index contributed by atoms with van der Waals surface area (Å²) in [7, 11) is 0. The summed E-state index contributed by atoms with van der Waals surface area (Å²) >= 11 is 1.53. The number of carbonyl (C=O) groups is 2. The second-order valence-electron chi connectivity index (χ2n) is 8.65. The number of fused-ring (bicyclic) bond motifs is 4. The highest BCUT2D eigenvalue weighted by atomic mass is 32.1. The summed E-state index contributed by atoms with van der Waals surface area (Å²) in [5, 5.41) is 5.87. The number of hydrogen-bond donors (Lipinski definition) is 1. The molecule has 2 aromatic rings. The lowest BCUT2D eigenvalue weighted by atomic mass is 9.71. The van der Waals surface area contributed by atoms with Gasteiger partial charge >= 0.3 is 0 Å². The van der Waals surface area contributed by atoms with Crippen molar-refractivity contribution in [3.8, 4) is 0 Å². The zero-order valence-corrected chi connectivity index (χ0v) is 17.8. The van der Waals surface area contributed by atoms with E-state index >= 15 is 0 Å². The van der Waals surface area contributed by atoms with E-state index in [2.05, 4.69) is 32.3 Å². The number of rotatable bonds is 5. The van der Waals surface area contributed by atoms with Gasteiger partial charge in [0, 0.05) is 62.0 Å². The van der Waals surface area contributed by atoms with Gasteiger partial charge in [-0.2, -0.15) is 0 Å². The topological polar surface area (TPSA) is 78.4 Å². The summed E-state index contributed by atoms with van der Waals surface area (Å²) in [4.78, 5) is 39.0. The van der Waals surface area contributed by atoms with Gasteiger partial charge in [0.2, 0.25) is 11.8 Å². The molecule has 1 N–H and O–H groups in total. The normalized spacial score (nSPS) is 28.8. The summed E-state index contributed by atoms with van der Waals surface area (Å²) in [5.41, 5.74) is 1.24. The van der Waals surface area contributed by atoms with Crippen molar-refractivity contribution < 1.29 is 9.59 Å². The van der Waals surface area contributed by atoms with Gasteiger partial charge < -0.3 is 10.2 Å². The molecule has 0 radical (unpaired) electrons. The summed E-state index contributed by atoms with van der Waals surface area (Å²) in [6.07, 6.45) is 8.93.